The van der Waals surface area contributed by atoms with Crippen molar-refractivity contribution in [3.63, 3.8) is 0 Å². The highest BCUT2D eigenvalue weighted by Gasteiger charge is 2.02. The molecule has 0 aliphatic rings. The van der Waals surface area contributed by atoms with E-state index in [-0.39, 0.29) is 0 Å². The largest absolute Gasteiger partial charge is 0.494 e. The summed E-state index contributed by atoms with van der Waals surface area (Å²) in [7, 11) is 0. The number of anilines is 1. The van der Waals surface area contributed by atoms with Crippen LogP contribution < -0.4 is 10.1 Å². The predicted molar refractivity (Wildman–Crippen MR) is 81.4 cm³/mol. The van der Waals surface area contributed by atoms with Crippen molar-refractivity contribution < 1.29 is 4.74 Å². The molecule has 2 rings (SSSR count). The molecule has 0 spiro atoms. The first-order valence-electron chi connectivity index (χ1n) is 6.70. The molecule has 0 atom stereocenters. The highest BCUT2D eigenvalue weighted by Crippen LogP contribution is 2.16. The summed E-state index contributed by atoms with van der Waals surface area (Å²) in [6, 6.07) is 9.71. The number of nitrogens with one attached hydrogen (secondary N) is 1. The summed E-state index contributed by atoms with van der Waals surface area (Å²) >= 11 is 5.97. The second-order valence-electron chi connectivity index (χ2n) is 4.28. The molecule has 0 fully saturated rings. The maximum absolute atomic E-state index is 5.97. The SMILES string of the molecule is CCOc1cccc(CNc2cc(Cl)nc(CC)n2)c1. The summed E-state index contributed by atoms with van der Waals surface area (Å²) < 4.78 is 5.48. The van der Waals surface area contributed by atoms with E-state index in [2.05, 4.69) is 15.3 Å². The molecular formula is C15H18ClN3O. The molecule has 0 unspecified atom stereocenters. The van der Waals surface area contributed by atoms with E-state index in [1.807, 2.05) is 38.1 Å². The third kappa shape index (κ3) is 4.10. The molecule has 0 bridgehead atoms. The Morgan fingerprint density at radius 3 is 2.80 bits per heavy atom. The number of hydrogen-bond donors (Lipinski definition) is 1. The summed E-state index contributed by atoms with van der Waals surface area (Å²) in [5.74, 6) is 2.36. The number of aryl methyl sites for hydroxylation is 1. The third-order valence-electron chi connectivity index (χ3n) is 2.74. The van der Waals surface area contributed by atoms with E-state index >= 15 is 0 Å². The van der Waals surface area contributed by atoms with Gasteiger partial charge in [0.15, 0.2) is 0 Å². The first-order chi connectivity index (χ1) is 9.71. The molecule has 1 N–H and O–H groups in total. The summed E-state index contributed by atoms with van der Waals surface area (Å²) in [5.41, 5.74) is 1.13. The van der Waals surface area contributed by atoms with Crippen LogP contribution in [0, 0.1) is 0 Å². The smallest absolute Gasteiger partial charge is 0.134 e. The third-order valence-corrected chi connectivity index (χ3v) is 2.93. The average molecular weight is 292 g/mol. The molecule has 0 amide bonds. The topological polar surface area (TPSA) is 47.0 Å². The van der Waals surface area contributed by atoms with Gasteiger partial charge >= 0.3 is 0 Å². The second-order valence-corrected chi connectivity index (χ2v) is 4.67. The van der Waals surface area contributed by atoms with Crippen LogP contribution in [0.4, 0.5) is 5.82 Å². The fourth-order valence-electron chi connectivity index (χ4n) is 1.82. The van der Waals surface area contributed by atoms with Crippen LogP contribution in [-0.2, 0) is 13.0 Å². The highest BCUT2D eigenvalue weighted by atomic mass is 35.5. The summed E-state index contributed by atoms with van der Waals surface area (Å²) in [6.07, 6.45) is 0.759. The molecule has 2 aromatic rings. The Labute approximate surface area is 124 Å². The molecule has 0 saturated carbocycles. The molecule has 0 saturated heterocycles. The van der Waals surface area contributed by atoms with Crippen molar-refractivity contribution in [3.8, 4) is 5.75 Å². The van der Waals surface area contributed by atoms with E-state index < -0.39 is 0 Å². The lowest BCUT2D eigenvalue weighted by molar-refractivity contribution is 0.340. The zero-order chi connectivity index (χ0) is 14.4. The zero-order valence-corrected chi connectivity index (χ0v) is 12.4. The van der Waals surface area contributed by atoms with Gasteiger partial charge < -0.3 is 10.1 Å². The fraction of sp³-hybridized carbons (Fsp3) is 0.333. The predicted octanol–water partition coefficient (Wildman–Crippen LogP) is 3.70. The maximum Gasteiger partial charge on any atom is 0.134 e. The molecule has 0 aliphatic carbocycles. The molecule has 1 heterocycles. The van der Waals surface area contributed by atoms with Crippen LogP contribution in [0.15, 0.2) is 30.3 Å². The van der Waals surface area contributed by atoms with Gasteiger partial charge in [-0.15, -0.1) is 0 Å². The van der Waals surface area contributed by atoms with E-state index in [0.717, 1.165) is 29.4 Å². The number of aromatic nitrogens is 2. The Morgan fingerprint density at radius 2 is 2.05 bits per heavy atom. The van der Waals surface area contributed by atoms with Crippen LogP contribution in [0.25, 0.3) is 0 Å². The van der Waals surface area contributed by atoms with Crippen LogP contribution >= 0.6 is 11.6 Å². The normalized spacial score (nSPS) is 10.3. The van der Waals surface area contributed by atoms with Gasteiger partial charge in [0.2, 0.25) is 0 Å². The minimum Gasteiger partial charge on any atom is -0.494 e. The number of rotatable bonds is 6. The lowest BCUT2D eigenvalue weighted by Gasteiger charge is -2.09. The molecule has 0 radical (unpaired) electrons. The minimum absolute atomic E-state index is 0.461. The molecule has 106 valence electrons. The lowest BCUT2D eigenvalue weighted by atomic mass is 10.2. The first-order valence-corrected chi connectivity index (χ1v) is 7.08. The zero-order valence-electron chi connectivity index (χ0n) is 11.7. The Bertz CT molecular complexity index is 575. The van der Waals surface area contributed by atoms with E-state index in [0.29, 0.717) is 18.3 Å². The Kier molecular flexibility index (Phi) is 5.18. The van der Waals surface area contributed by atoms with Gasteiger partial charge in [-0.2, -0.15) is 0 Å². The van der Waals surface area contributed by atoms with Crippen LogP contribution in [0.3, 0.4) is 0 Å². The van der Waals surface area contributed by atoms with Crippen LogP contribution in [-0.4, -0.2) is 16.6 Å². The summed E-state index contributed by atoms with van der Waals surface area (Å²) in [4.78, 5) is 8.53. The molecule has 5 heteroatoms. The summed E-state index contributed by atoms with van der Waals surface area (Å²) in [6.45, 7) is 5.30. The van der Waals surface area contributed by atoms with Crippen LogP contribution in [0.5, 0.6) is 5.75 Å². The van der Waals surface area contributed by atoms with E-state index in [9.17, 15) is 0 Å². The lowest BCUT2D eigenvalue weighted by Crippen LogP contribution is -2.04. The number of nitrogens with zero attached hydrogens (tertiary/aromatic N) is 2. The number of benzene rings is 1. The Morgan fingerprint density at radius 1 is 1.20 bits per heavy atom. The average Bonchev–Trinajstić information content (AvgIpc) is 2.45. The van der Waals surface area contributed by atoms with Crippen molar-refractivity contribution in [3.05, 3.63) is 46.9 Å². The minimum atomic E-state index is 0.461. The van der Waals surface area contributed by atoms with Gasteiger partial charge in [-0.25, -0.2) is 9.97 Å². The van der Waals surface area contributed by atoms with Gasteiger partial charge in [0.05, 0.1) is 6.61 Å². The van der Waals surface area contributed by atoms with E-state index in [1.165, 1.54) is 0 Å². The Hall–Kier alpha value is -1.81. The Balaban J connectivity index is 2.04. The van der Waals surface area contributed by atoms with E-state index in [4.69, 9.17) is 16.3 Å². The number of halogens is 1. The standard InChI is InChI=1S/C15H18ClN3O/c1-3-14-18-13(16)9-15(19-14)17-10-11-6-5-7-12(8-11)20-4-2/h5-9H,3-4,10H2,1-2H3,(H,17,18,19). The van der Waals surface area contributed by atoms with Gasteiger partial charge in [-0.3, -0.25) is 0 Å². The maximum atomic E-state index is 5.97. The second kappa shape index (κ2) is 7.10. The van der Waals surface area contributed by atoms with Crippen molar-refractivity contribution in [2.24, 2.45) is 0 Å². The molecule has 4 nitrogen and oxygen atoms in total. The highest BCUT2D eigenvalue weighted by molar-refractivity contribution is 6.29. The number of hydrogen-bond acceptors (Lipinski definition) is 4. The van der Waals surface area contributed by atoms with Gasteiger partial charge in [-0.1, -0.05) is 30.7 Å². The first kappa shape index (κ1) is 14.6. The monoisotopic (exact) mass is 291 g/mol. The van der Waals surface area contributed by atoms with Crippen LogP contribution in [0.2, 0.25) is 5.15 Å². The van der Waals surface area contributed by atoms with Gasteiger partial charge in [0.1, 0.15) is 22.5 Å². The molecule has 20 heavy (non-hydrogen) atoms. The van der Waals surface area contributed by atoms with Crippen molar-refractivity contribution in [1.82, 2.24) is 9.97 Å². The van der Waals surface area contributed by atoms with Crippen LogP contribution in [0.1, 0.15) is 25.2 Å². The van der Waals surface area contributed by atoms with Crippen molar-refractivity contribution in [1.29, 1.82) is 0 Å². The van der Waals surface area contributed by atoms with Gasteiger partial charge in [0, 0.05) is 19.0 Å². The number of ether oxygens (including phenoxy) is 1. The van der Waals surface area contributed by atoms with Crippen molar-refractivity contribution in [2.75, 3.05) is 11.9 Å². The fourth-order valence-corrected chi connectivity index (χ4v) is 2.02. The van der Waals surface area contributed by atoms with E-state index in [1.54, 1.807) is 6.07 Å². The van der Waals surface area contributed by atoms with Gasteiger partial charge in [0.25, 0.3) is 0 Å². The molecule has 1 aromatic heterocycles. The van der Waals surface area contributed by atoms with Gasteiger partial charge in [-0.05, 0) is 24.6 Å². The molecule has 0 aliphatic heterocycles. The summed E-state index contributed by atoms with van der Waals surface area (Å²) in [5, 5.41) is 3.72. The quantitative estimate of drug-likeness (QED) is 0.824. The van der Waals surface area contributed by atoms with Crippen molar-refractivity contribution >= 4 is 17.4 Å². The van der Waals surface area contributed by atoms with Crippen molar-refractivity contribution in [2.45, 2.75) is 26.8 Å². The molecule has 1 aromatic carbocycles. The molecular weight excluding hydrogens is 274 g/mol.